The van der Waals surface area contributed by atoms with Gasteiger partial charge in [0.25, 0.3) is 5.91 Å². The summed E-state index contributed by atoms with van der Waals surface area (Å²) in [5, 5.41) is 2.77. The van der Waals surface area contributed by atoms with Crippen LogP contribution >= 0.6 is 0 Å². The number of hydrogen-bond acceptors (Lipinski definition) is 3. The predicted octanol–water partition coefficient (Wildman–Crippen LogP) is 0.539. The summed E-state index contributed by atoms with van der Waals surface area (Å²) in [5.41, 5.74) is 0. The number of hydrogen-bond donors (Lipinski definition) is 1. The van der Waals surface area contributed by atoms with E-state index in [0.717, 1.165) is 13.1 Å². The lowest BCUT2D eigenvalue weighted by molar-refractivity contribution is -0.131. The molecule has 2 atom stereocenters. The molecule has 17 heavy (non-hydrogen) atoms. The van der Waals surface area contributed by atoms with E-state index in [1.54, 1.807) is 4.90 Å². The minimum atomic E-state index is -0.270. The van der Waals surface area contributed by atoms with Crippen molar-refractivity contribution in [1.29, 1.82) is 0 Å². The summed E-state index contributed by atoms with van der Waals surface area (Å²) < 4.78 is 5.04. The number of epoxide rings is 1. The van der Waals surface area contributed by atoms with Crippen LogP contribution in [0, 0.1) is 0 Å². The van der Waals surface area contributed by atoms with Crippen LogP contribution in [0.3, 0.4) is 0 Å². The molecule has 0 radical (unpaired) electrons. The largest absolute Gasteiger partial charge is 0.359 e. The molecular formula is C12H22N2O3. The maximum atomic E-state index is 11.6. The smallest absolute Gasteiger partial charge is 0.251 e. The average Bonchev–Trinajstić information content (AvgIpc) is 3.03. The van der Waals surface area contributed by atoms with Crippen LogP contribution < -0.4 is 5.32 Å². The number of nitrogens with one attached hydrogen (secondary N) is 1. The van der Waals surface area contributed by atoms with Crippen LogP contribution in [0.5, 0.6) is 0 Å². The summed E-state index contributed by atoms with van der Waals surface area (Å²) >= 11 is 0. The van der Waals surface area contributed by atoms with E-state index in [9.17, 15) is 9.59 Å². The van der Waals surface area contributed by atoms with Gasteiger partial charge in [0.05, 0.1) is 6.10 Å². The van der Waals surface area contributed by atoms with Gasteiger partial charge in [-0.1, -0.05) is 0 Å². The highest BCUT2D eigenvalue weighted by Gasteiger charge is 2.40. The van der Waals surface area contributed by atoms with E-state index in [1.165, 1.54) is 0 Å². The van der Waals surface area contributed by atoms with E-state index >= 15 is 0 Å². The number of nitrogens with zero attached hydrogens (tertiary/aromatic N) is 1. The van der Waals surface area contributed by atoms with Crippen molar-refractivity contribution in [1.82, 2.24) is 10.2 Å². The Hall–Kier alpha value is -1.10. The van der Waals surface area contributed by atoms with Crippen LogP contribution in [0.15, 0.2) is 0 Å². The van der Waals surface area contributed by atoms with Crippen LogP contribution in [0.25, 0.3) is 0 Å². The van der Waals surface area contributed by atoms with Gasteiger partial charge in [-0.15, -0.1) is 0 Å². The van der Waals surface area contributed by atoms with Gasteiger partial charge in [-0.25, -0.2) is 0 Å². The zero-order chi connectivity index (χ0) is 12.8. The molecule has 1 N–H and O–H groups in total. The monoisotopic (exact) mass is 242 g/mol. The molecule has 0 saturated carbocycles. The van der Waals surface area contributed by atoms with Crippen LogP contribution in [0.4, 0.5) is 0 Å². The van der Waals surface area contributed by atoms with E-state index in [0.29, 0.717) is 19.4 Å². The summed E-state index contributed by atoms with van der Waals surface area (Å²) in [7, 11) is 0. The van der Waals surface area contributed by atoms with Crippen molar-refractivity contribution in [2.24, 2.45) is 0 Å². The number of amides is 2. The second-order valence-corrected chi connectivity index (χ2v) is 4.22. The molecule has 98 valence electrons. The summed E-state index contributed by atoms with van der Waals surface area (Å²) in [4.78, 5) is 24.8. The quantitative estimate of drug-likeness (QED) is 0.523. The van der Waals surface area contributed by atoms with E-state index < -0.39 is 0 Å². The molecular weight excluding hydrogens is 220 g/mol. The van der Waals surface area contributed by atoms with Crippen molar-refractivity contribution in [3.63, 3.8) is 0 Å². The first-order valence-corrected chi connectivity index (χ1v) is 6.31. The van der Waals surface area contributed by atoms with Gasteiger partial charge in [-0.3, -0.25) is 9.59 Å². The Morgan fingerprint density at radius 3 is 2.35 bits per heavy atom. The Labute approximate surface area is 102 Å². The fourth-order valence-electron chi connectivity index (χ4n) is 1.75. The maximum Gasteiger partial charge on any atom is 0.251 e. The van der Waals surface area contributed by atoms with Crippen LogP contribution in [0.1, 0.15) is 33.6 Å². The van der Waals surface area contributed by atoms with Gasteiger partial charge in [-0.05, 0) is 27.2 Å². The number of rotatable bonds is 7. The Bertz CT molecular complexity index is 277. The van der Waals surface area contributed by atoms with Crippen molar-refractivity contribution in [2.75, 3.05) is 19.6 Å². The third-order valence-electron chi connectivity index (χ3n) is 2.95. The SMILES string of the molecule is CCN(CC)C(=O)CCCNC(=O)[C@@H]1O[C@H]1C. The second kappa shape index (κ2) is 6.59. The Kier molecular flexibility index (Phi) is 5.41. The normalized spacial score (nSPS) is 22.1. The molecule has 1 rings (SSSR count). The van der Waals surface area contributed by atoms with Crippen molar-refractivity contribution < 1.29 is 14.3 Å². The Balaban J connectivity index is 2.07. The van der Waals surface area contributed by atoms with Crippen LogP contribution in [0.2, 0.25) is 0 Å². The number of ether oxygens (including phenoxy) is 1. The lowest BCUT2D eigenvalue weighted by Crippen LogP contribution is -2.33. The first-order chi connectivity index (χ1) is 8.10. The van der Waals surface area contributed by atoms with Gasteiger partial charge < -0.3 is 15.0 Å². The molecule has 0 bridgehead atoms. The van der Waals surface area contributed by atoms with Gasteiger partial charge >= 0.3 is 0 Å². The van der Waals surface area contributed by atoms with Gasteiger partial charge in [0.1, 0.15) is 0 Å². The van der Waals surface area contributed by atoms with E-state index in [2.05, 4.69) is 5.32 Å². The molecule has 1 saturated heterocycles. The highest BCUT2D eigenvalue weighted by Crippen LogP contribution is 2.20. The molecule has 5 heteroatoms. The minimum Gasteiger partial charge on any atom is -0.359 e. The Morgan fingerprint density at radius 1 is 1.29 bits per heavy atom. The van der Waals surface area contributed by atoms with E-state index in [4.69, 9.17) is 4.74 Å². The second-order valence-electron chi connectivity index (χ2n) is 4.22. The molecule has 1 heterocycles. The highest BCUT2D eigenvalue weighted by molar-refractivity contribution is 5.83. The van der Waals surface area contributed by atoms with Gasteiger partial charge in [0.2, 0.25) is 5.91 Å². The highest BCUT2D eigenvalue weighted by atomic mass is 16.6. The van der Waals surface area contributed by atoms with Crippen molar-refractivity contribution >= 4 is 11.8 Å². The summed E-state index contributed by atoms with van der Waals surface area (Å²) in [6, 6.07) is 0. The van der Waals surface area contributed by atoms with E-state index in [-0.39, 0.29) is 24.0 Å². The fraction of sp³-hybridized carbons (Fsp3) is 0.833. The maximum absolute atomic E-state index is 11.6. The molecule has 0 unspecified atom stereocenters. The van der Waals surface area contributed by atoms with Crippen LogP contribution in [-0.4, -0.2) is 48.6 Å². The first kappa shape index (κ1) is 14.0. The molecule has 0 aliphatic carbocycles. The summed E-state index contributed by atoms with van der Waals surface area (Å²) in [6.45, 7) is 7.83. The minimum absolute atomic E-state index is 0.0484. The average molecular weight is 242 g/mol. The molecule has 0 aromatic rings. The molecule has 0 aromatic heterocycles. The first-order valence-electron chi connectivity index (χ1n) is 6.31. The van der Waals surface area contributed by atoms with E-state index in [1.807, 2.05) is 20.8 Å². The number of carbonyl (C=O) groups is 2. The Morgan fingerprint density at radius 2 is 1.88 bits per heavy atom. The molecule has 0 spiro atoms. The molecule has 1 aliphatic rings. The third kappa shape index (κ3) is 4.34. The standard InChI is InChI=1S/C12H22N2O3/c1-4-14(5-2)10(15)7-6-8-13-12(16)11-9(3)17-11/h9,11H,4-8H2,1-3H3,(H,13,16)/t9-,11+/m0/s1. The molecule has 1 aliphatic heterocycles. The zero-order valence-electron chi connectivity index (χ0n) is 10.9. The molecule has 0 aromatic carbocycles. The lowest BCUT2D eigenvalue weighted by atomic mass is 10.2. The lowest BCUT2D eigenvalue weighted by Gasteiger charge is -2.18. The predicted molar refractivity (Wildman–Crippen MR) is 64.5 cm³/mol. The summed E-state index contributed by atoms with van der Waals surface area (Å²) in [6.07, 6.45) is 0.950. The molecule has 5 nitrogen and oxygen atoms in total. The third-order valence-corrected chi connectivity index (χ3v) is 2.95. The fourth-order valence-corrected chi connectivity index (χ4v) is 1.75. The topological polar surface area (TPSA) is 61.9 Å². The molecule has 1 fully saturated rings. The number of carbonyl (C=O) groups excluding carboxylic acids is 2. The van der Waals surface area contributed by atoms with Crippen LogP contribution in [-0.2, 0) is 14.3 Å². The molecule has 2 amide bonds. The van der Waals surface area contributed by atoms with Crippen molar-refractivity contribution in [3.8, 4) is 0 Å². The van der Waals surface area contributed by atoms with Gasteiger partial charge in [0.15, 0.2) is 6.10 Å². The van der Waals surface area contributed by atoms with Gasteiger partial charge in [-0.2, -0.15) is 0 Å². The van der Waals surface area contributed by atoms with Crippen molar-refractivity contribution in [3.05, 3.63) is 0 Å². The van der Waals surface area contributed by atoms with Gasteiger partial charge in [0, 0.05) is 26.1 Å². The zero-order valence-corrected chi connectivity index (χ0v) is 10.9. The van der Waals surface area contributed by atoms with Crippen molar-refractivity contribution in [2.45, 2.75) is 45.8 Å². The summed E-state index contributed by atoms with van der Waals surface area (Å²) in [5.74, 6) is 0.0908.